The first-order chi connectivity index (χ1) is 13.5. The first-order valence-electron chi connectivity index (χ1n) is 9.25. The van der Waals surface area contributed by atoms with Crippen LogP contribution in [-0.2, 0) is 4.79 Å². The van der Waals surface area contributed by atoms with Crippen LogP contribution in [0.25, 0.3) is 22.1 Å². The number of rotatable bonds is 5. The zero-order valence-corrected chi connectivity index (χ0v) is 16.9. The van der Waals surface area contributed by atoms with Crippen LogP contribution in [0.4, 0.5) is 5.69 Å². The summed E-state index contributed by atoms with van der Waals surface area (Å²) in [6.45, 7) is 15.3. The highest BCUT2D eigenvalue weighted by Gasteiger charge is 2.11. The van der Waals surface area contributed by atoms with Gasteiger partial charge in [-0.1, -0.05) is 50.4 Å². The molecular weight excluding hydrogens is 348 g/mol. The lowest BCUT2D eigenvalue weighted by molar-refractivity contribution is -0.112. The number of aryl methyl sites for hydroxylation is 1. The maximum atomic E-state index is 12.4. The standard InChI is InChI=1S/C22H20N2O2.C2H6/c1-5-6-19(14(2)3)22(25)24-18-9-7-16(8-10-18)20-12-21-17(11-15(20)4)13-23-26-21;1-2/h5-13H,1-2H2,3-4H3,(H,24,25);1-2H3/b19-6+;. The highest BCUT2D eigenvalue weighted by atomic mass is 16.5. The molecule has 0 atom stereocenters. The minimum absolute atomic E-state index is 0.204. The Kier molecular flexibility index (Phi) is 7.10. The molecule has 0 fully saturated rings. The number of nitrogens with one attached hydrogen (secondary N) is 1. The van der Waals surface area contributed by atoms with Gasteiger partial charge in [-0.15, -0.1) is 0 Å². The smallest absolute Gasteiger partial charge is 0.255 e. The number of allylic oxidation sites excluding steroid dienone is 2. The van der Waals surface area contributed by atoms with Gasteiger partial charge in [0.05, 0.1) is 6.20 Å². The average Bonchev–Trinajstić information content (AvgIpc) is 3.14. The van der Waals surface area contributed by atoms with E-state index in [-0.39, 0.29) is 5.91 Å². The lowest BCUT2D eigenvalue weighted by Crippen LogP contribution is -2.14. The number of aromatic nitrogens is 1. The zero-order chi connectivity index (χ0) is 20.7. The fourth-order valence-corrected chi connectivity index (χ4v) is 2.80. The zero-order valence-electron chi connectivity index (χ0n) is 16.9. The van der Waals surface area contributed by atoms with Crippen molar-refractivity contribution < 1.29 is 9.32 Å². The number of amides is 1. The van der Waals surface area contributed by atoms with Gasteiger partial charge in [-0.25, -0.2) is 0 Å². The van der Waals surface area contributed by atoms with Crippen LogP contribution in [0.15, 0.2) is 83.6 Å². The molecule has 0 unspecified atom stereocenters. The summed E-state index contributed by atoms with van der Waals surface area (Å²) >= 11 is 0. The molecule has 0 saturated carbocycles. The molecule has 4 nitrogen and oxygen atoms in total. The van der Waals surface area contributed by atoms with Crippen molar-refractivity contribution in [3.05, 3.63) is 84.6 Å². The predicted molar refractivity (Wildman–Crippen MR) is 117 cm³/mol. The van der Waals surface area contributed by atoms with E-state index in [9.17, 15) is 4.79 Å². The van der Waals surface area contributed by atoms with Gasteiger partial charge in [0.1, 0.15) is 0 Å². The van der Waals surface area contributed by atoms with Gasteiger partial charge < -0.3 is 9.84 Å². The van der Waals surface area contributed by atoms with Crippen molar-refractivity contribution in [2.75, 3.05) is 5.32 Å². The summed E-state index contributed by atoms with van der Waals surface area (Å²) in [5.74, 6) is -0.204. The fourth-order valence-electron chi connectivity index (χ4n) is 2.80. The quantitative estimate of drug-likeness (QED) is 0.412. The Morgan fingerprint density at radius 3 is 2.46 bits per heavy atom. The van der Waals surface area contributed by atoms with Crippen LogP contribution in [0.5, 0.6) is 0 Å². The molecule has 0 aliphatic heterocycles. The monoisotopic (exact) mass is 374 g/mol. The van der Waals surface area contributed by atoms with E-state index in [2.05, 4.69) is 36.6 Å². The Hall–Kier alpha value is -3.40. The second-order valence-electron chi connectivity index (χ2n) is 6.16. The lowest BCUT2D eigenvalue weighted by Gasteiger charge is -2.10. The summed E-state index contributed by atoms with van der Waals surface area (Å²) in [7, 11) is 0. The Labute approximate surface area is 166 Å². The van der Waals surface area contributed by atoms with Crippen molar-refractivity contribution in [2.24, 2.45) is 0 Å². The van der Waals surface area contributed by atoms with Gasteiger partial charge >= 0.3 is 0 Å². The summed E-state index contributed by atoms with van der Waals surface area (Å²) in [4.78, 5) is 12.4. The molecule has 1 amide bonds. The number of hydrogen-bond donors (Lipinski definition) is 1. The second kappa shape index (κ2) is 9.51. The third-order valence-corrected chi connectivity index (χ3v) is 4.14. The molecule has 144 valence electrons. The molecule has 0 radical (unpaired) electrons. The first kappa shape index (κ1) is 20.9. The van der Waals surface area contributed by atoms with E-state index < -0.39 is 0 Å². The number of nitrogens with zero attached hydrogens (tertiary/aromatic N) is 1. The lowest BCUT2D eigenvalue weighted by atomic mass is 9.99. The minimum Gasteiger partial charge on any atom is -0.356 e. The van der Waals surface area contributed by atoms with E-state index in [0.717, 1.165) is 27.7 Å². The Bertz CT molecular complexity index is 1020. The molecule has 28 heavy (non-hydrogen) atoms. The maximum absolute atomic E-state index is 12.4. The number of anilines is 1. The van der Waals surface area contributed by atoms with Gasteiger partial charge in [-0.3, -0.25) is 4.79 Å². The van der Waals surface area contributed by atoms with Crippen LogP contribution in [0.3, 0.4) is 0 Å². The number of hydrogen-bond acceptors (Lipinski definition) is 3. The Morgan fingerprint density at radius 1 is 1.18 bits per heavy atom. The molecule has 3 aromatic rings. The van der Waals surface area contributed by atoms with Crippen LogP contribution < -0.4 is 5.32 Å². The molecule has 0 bridgehead atoms. The van der Waals surface area contributed by atoms with Crippen LogP contribution >= 0.6 is 0 Å². The Balaban J connectivity index is 0.00000136. The number of carbonyl (C=O) groups is 1. The van der Waals surface area contributed by atoms with E-state index in [4.69, 9.17) is 4.52 Å². The fraction of sp³-hybridized carbons (Fsp3) is 0.167. The van der Waals surface area contributed by atoms with E-state index in [0.29, 0.717) is 16.8 Å². The van der Waals surface area contributed by atoms with Gasteiger partial charge in [0.25, 0.3) is 5.91 Å². The van der Waals surface area contributed by atoms with Gasteiger partial charge in [-0.05, 0) is 66.5 Å². The van der Waals surface area contributed by atoms with Crippen molar-refractivity contribution in [2.45, 2.75) is 27.7 Å². The average molecular weight is 374 g/mol. The van der Waals surface area contributed by atoms with Gasteiger partial charge in [0, 0.05) is 16.6 Å². The van der Waals surface area contributed by atoms with Crippen molar-refractivity contribution in [1.29, 1.82) is 0 Å². The molecule has 1 heterocycles. The van der Waals surface area contributed by atoms with Gasteiger partial charge in [0.2, 0.25) is 0 Å². The van der Waals surface area contributed by atoms with E-state index >= 15 is 0 Å². The molecule has 4 heteroatoms. The van der Waals surface area contributed by atoms with Crippen molar-refractivity contribution >= 4 is 22.6 Å². The first-order valence-corrected chi connectivity index (χ1v) is 9.25. The SMILES string of the molecule is C=C/C=C(\C(=C)C)C(=O)Nc1ccc(-c2cc3oncc3cc2C)cc1.CC. The topological polar surface area (TPSA) is 55.1 Å². The molecule has 3 rings (SSSR count). The molecule has 0 aliphatic rings. The number of carbonyl (C=O) groups excluding carboxylic acids is 1. The van der Waals surface area contributed by atoms with E-state index in [1.807, 2.05) is 44.2 Å². The number of fused-ring (bicyclic) bond motifs is 1. The van der Waals surface area contributed by atoms with Gasteiger partial charge in [0.15, 0.2) is 5.58 Å². The number of benzene rings is 2. The second-order valence-corrected chi connectivity index (χ2v) is 6.16. The van der Waals surface area contributed by atoms with Crippen LogP contribution in [0, 0.1) is 6.92 Å². The normalized spacial score (nSPS) is 10.8. The molecule has 1 aromatic heterocycles. The molecular formula is C24H26N2O2. The Morgan fingerprint density at radius 2 is 1.86 bits per heavy atom. The molecule has 0 saturated heterocycles. The van der Waals surface area contributed by atoms with Crippen LogP contribution in [-0.4, -0.2) is 11.1 Å². The third kappa shape index (κ3) is 4.65. The minimum atomic E-state index is -0.204. The molecule has 2 aromatic carbocycles. The van der Waals surface area contributed by atoms with Crippen molar-refractivity contribution in [3.63, 3.8) is 0 Å². The summed E-state index contributed by atoms with van der Waals surface area (Å²) in [5.41, 5.74) is 5.92. The summed E-state index contributed by atoms with van der Waals surface area (Å²) in [6.07, 6.45) is 4.94. The summed E-state index contributed by atoms with van der Waals surface area (Å²) in [5, 5.41) is 7.69. The molecule has 0 spiro atoms. The molecule has 1 N–H and O–H groups in total. The van der Waals surface area contributed by atoms with Gasteiger partial charge in [-0.2, -0.15) is 0 Å². The third-order valence-electron chi connectivity index (χ3n) is 4.14. The van der Waals surface area contributed by atoms with Crippen molar-refractivity contribution in [1.82, 2.24) is 5.16 Å². The highest BCUT2D eigenvalue weighted by Crippen LogP contribution is 2.29. The molecule has 0 aliphatic carbocycles. The van der Waals surface area contributed by atoms with Crippen LogP contribution in [0.2, 0.25) is 0 Å². The van der Waals surface area contributed by atoms with E-state index in [1.165, 1.54) is 0 Å². The summed E-state index contributed by atoms with van der Waals surface area (Å²) in [6, 6.07) is 11.7. The van der Waals surface area contributed by atoms with Crippen LogP contribution in [0.1, 0.15) is 26.3 Å². The maximum Gasteiger partial charge on any atom is 0.255 e. The predicted octanol–water partition coefficient (Wildman–Crippen LogP) is 6.46. The largest absolute Gasteiger partial charge is 0.356 e. The van der Waals surface area contributed by atoms with E-state index in [1.54, 1.807) is 25.3 Å². The highest BCUT2D eigenvalue weighted by molar-refractivity contribution is 6.07. The van der Waals surface area contributed by atoms with Crippen molar-refractivity contribution in [3.8, 4) is 11.1 Å². The summed E-state index contributed by atoms with van der Waals surface area (Å²) < 4.78 is 5.25.